The van der Waals surface area contributed by atoms with E-state index >= 15 is 0 Å². The minimum Gasteiger partial charge on any atom is -0.373 e. The highest BCUT2D eigenvalue weighted by Crippen LogP contribution is 2.28. The third kappa shape index (κ3) is 3.30. The van der Waals surface area contributed by atoms with E-state index in [0.717, 1.165) is 24.0 Å². The third-order valence-electron chi connectivity index (χ3n) is 3.87. The van der Waals surface area contributed by atoms with Gasteiger partial charge in [0.2, 0.25) is 0 Å². The van der Waals surface area contributed by atoms with Crippen LogP contribution in [0.3, 0.4) is 0 Å². The van der Waals surface area contributed by atoms with E-state index in [1.807, 2.05) is 19.3 Å². The van der Waals surface area contributed by atoms with E-state index in [-0.39, 0.29) is 24.6 Å². The first-order chi connectivity index (χ1) is 10.7. The van der Waals surface area contributed by atoms with Crippen molar-refractivity contribution in [1.82, 2.24) is 9.78 Å². The van der Waals surface area contributed by atoms with Gasteiger partial charge in [0.1, 0.15) is 5.82 Å². The maximum Gasteiger partial charge on any atom is 0.129 e. The molecular formula is C16H16FN3OS. The van der Waals surface area contributed by atoms with Gasteiger partial charge in [0, 0.05) is 24.4 Å². The fraction of sp³-hybridized carbons (Fsp3) is 0.375. The first kappa shape index (κ1) is 15.0. The second-order valence-corrected chi connectivity index (χ2v) is 5.67. The molecule has 4 nitrogen and oxygen atoms in total. The summed E-state index contributed by atoms with van der Waals surface area (Å²) in [6, 6.07) is 5.40. The summed E-state index contributed by atoms with van der Waals surface area (Å²) < 4.78 is 21.6. The lowest BCUT2D eigenvalue weighted by Gasteiger charge is -2.31. The molecule has 114 valence electrons. The summed E-state index contributed by atoms with van der Waals surface area (Å²) in [5.74, 6) is -0.255. The summed E-state index contributed by atoms with van der Waals surface area (Å²) in [6.45, 7) is 0.276. The summed E-state index contributed by atoms with van der Waals surface area (Å²) in [6.07, 6.45) is 5.37. The predicted octanol–water partition coefficient (Wildman–Crippen LogP) is 3.38. The van der Waals surface area contributed by atoms with E-state index in [1.54, 1.807) is 16.9 Å². The minimum absolute atomic E-state index is 0.134. The Hall–Kier alpha value is -1.88. The molecule has 1 aliphatic carbocycles. The van der Waals surface area contributed by atoms with Gasteiger partial charge in [0.15, 0.2) is 0 Å². The van der Waals surface area contributed by atoms with Gasteiger partial charge in [-0.05, 0) is 36.7 Å². The SMILES string of the molecule is Cn1cc(-c2ccc(COC3CC(N=C=S)C3)c(F)c2)cn1. The number of aliphatic imine (C=N–C) groups is 1. The number of thiocarbonyl (C=S) groups is 1. The zero-order valence-electron chi connectivity index (χ0n) is 12.2. The first-order valence-corrected chi connectivity index (χ1v) is 7.52. The van der Waals surface area contributed by atoms with Crippen LogP contribution in [0.25, 0.3) is 11.1 Å². The van der Waals surface area contributed by atoms with Gasteiger partial charge < -0.3 is 4.74 Å². The molecule has 0 bridgehead atoms. The van der Waals surface area contributed by atoms with E-state index in [4.69, 9.17) is 4.74 Å². The van der Waals surface area contributed by atoms with Gasteiger partial charge in [0.05, 0.1) is 30.1 Å². The molecule has 1 aromatic heterocycles. The Morgan fingerprint density at radius 3 is 2.91 bits per heavy atom. The van der Waals surface area contributed by atoms with Crippen LogP contribution >= 0.6 is 12.2 Å². The molecule has 22 heavy (non-hydrogen) atoms. The highest BCUT2D eigenvalue weighted by Gasteiger charge is 2.29. The zero-order valence-corrected chi connectivity index (χ0v) is 13.0. The van der Waals surface area contributed by atoms with Crippen molar-refractivity contribution in [2.75, 3.05) is 0 Å². The Balaban J connectivity index is 1.60. The number of ether oxygens (including phenoxy) is 1. The van der Waals surface area contributed by atoms with Crippen LogP contribution in [0.15, 0.2) is 35.6 Å². The molecule has 1 heterocycles. The number of rotatable bonds is 5. The number of halogens is 1. The fourth-order valence-corrected chi connectivity index (χ4v) is 2.62. The summed E-state index contributed by atoms with van der Waals surface area (Å²) in [7, 11) is 1.84. The summed E-state index contributed by atoms with van der Waals surface area (Å²) in [5.41, 5.74) is 2.27. The van der Waals surface area contributed by atoms with Crippen molar-refractivity contribution >= 4 is 17.4 Å². The van der Waals surface area contributed by atoms with Crippen LogP contribution in [0.4, 0.5) is 4.39 Å². The number of hydrogen-bond donors (Lipinski definition) is 0. The lowest BCUT2D eigenvalue weighted by atomic mass is 9.90. The van der Waals surface area contributed by atoms with E-state index in [1.165, 1.54) is 6.07 Å². The summed E-state index contributed by atoms with van der Waals surface area (Å²) in [4.78, 5) is 4.00. The first-order valence-electron chi connectivity index (χ1n) is 7.11. The smallest absolute Gasteiger partial charge is 0.129 e. The number of aromatic nitrogens is 2. The van der Waals surface area contributed by atoms with Crippen LogP contribution in [0.2, 0.25) is 0 Å². The predicted molar refractivity (Wildman–Crippen MR) is 85.2 cm³/mol. The van der Waals surface area contributed by atoms with Gasteiger partial charge in [-0.1, -0.05) is 12.1 Å². The molecule has 1 saturated carbocycles. The largest absolute Gasteiger partial charge is 0.373 e. The quantitative estimate of drug-likeness (QED) is 0.627. The molecule has 1 aromatic carbocycles. The average Bonchev–Trinajstić information content (AvgIpc) is 2.89. The molecule has 1 fully saturated rings. The maximum atomic E-state index is 14.2. The van der Waals surface area contributed by atoms with Gasteiger partial charge in [-0.15, -0.1) is 0 Å². The van der Waals surface area contributed by atoms with Gasteiger partial charge in [-0.25, -0.2) is 9.38 Å². The van der Waals surface area contributed by atoms with Crippen molar-refractivity contribution in [3.05, 3.63) is 42.0 Å². The third-order valence-corrected chi connectivity index (χ3v) is 3.98. The van der Waals surface area contributed by atoms with Gasteiger partial charge in [0.25, 0.3) is 0 Å². The van der Waals surface area contributed by atoms with Crippen molar-refractivity contribution in [1.29, 1.82) is 0 Å². The second kappa shape index (κ2) is 6.48. The second-order valence-electron chi connectivity index (χ2n) is 5.49. The van der Waals surface area contributed by atoms with Crippen molar-refractivity contribution in [3.63, 3.8) is 0 Å². The van der Waals surface area contributed by atoms with Crippen LogP contribution in [0, 0.1) is 5.82 Å². The van der Waals surface area contributed by atoms with Crippen LogP contribution in [-0.4, -0.2) is 27.1 Å². The summed E-state index contributed by atoms with van der Waals surface area (Å²) in [5, 5.41) is 6.48. The monoisotopic (exact) mass is 317 g/mol. The van der Waals surface area contributed by atoms with Crippen LogP contribution in [0.1, 0.15) is 18.4 Å². The Labute approximate surface area is 133 Å². The highest BCUT2D eigenvalue weighted by molar-refractivity contribution is 7.78. The number of aryl methyl sites for hydroxylation is 1. The molecule has 0 radical (unpaired) electrons. The highest BCUT2D eigenvalue weighted by atomic mass is 32.1. The topological polar surface area (TPSA) is 39.4 Å². The lowest BCUT2D eigenvalue weighted by molar-refractivity contribution is -0.0192. The number of benzene rings is 1. The fourth-order valence-electron chi connectivity index (χ4n) is 2.48. The number of hydrogen-bond acceptors (Lipinski definition) is 4. The molecule has 0 amide bonds. The minimum atomic E-state index is -0.255. The molecular weight excluding hydrogens is 301 g/mol. The van der Waals surface area contributed by atoms with E-state index in [0.29, 0.717) is 5.56 Å². The molecule has 2 aromatic rings. The van der Waals surface area contributed by atoms with E-state index in [9.17, 15) is 4.39 Å². The maximum absolute atomic E-state index is 14.2. The molecule has 0 unspecified atom stereocenters. The molecule has 0 saturated heterocycles. The standard InChI is InChI=1S/C16H16FN3OS/c1-20-8-13(7-19-20)11-2-3-12(16(17)4-11)9-21-15-5-14(6-15)18-10-22/h2-4,7-8,14-15H,5-6,9H2,1H3. The van der Waals surface area contributed by atoms with Crippen LogP contribution in [-0.2, 0) is 18.4 Å². The molecule has 6 heteroatoms. The van der Waals surface area contributed by atoms with Gasteiger partial charge in [-0.2, -0.15) is 5.10 Å². The average molecular weight is 317 g/mol. The van der Waals surface area contributed by atoms with Crippen molar-refractivity contribution in [3.8, 4) is 11.1 Å². The van der Waals surface area contributed by atoms with Gasteiger partial charge >= 0.3 is 0 Å². The van der Waals surface area contributed by atoms with Crippen molar-refractivity contribution < 1.29 is 9.13 Å². The van der Waals surface area contributed by atoms with Gasteiger partial charge in [-0.3, -0.25) is 4.68 Å². The van der Waals surface area contributed by atoms with E-state index in [2.05, 4.69) is 27.5 Å². The molecule has 3 rings (SSSR count). The Morgan fingerprint density at radius 2 is 2.27 bits per heavy atom. The Kier molecular flexibility index (Phi) is 4.43. The Morgan fingerprint density at radius 1 is 1.45 bits per heavy atom. The van der Waals surface area contributed by atoms with E-state index < -0.39 is 0 Å². The zero-order chi connectivity index (χ0) is 15.5. The number of isothiocyanates is 1. The Bertz CT molecular complexity index is 718. The van der Waals surface area contributed by atoms with Crippen molar-refractivity contribution in [2.24, 2.45) is 12.0 Å². The summed E-state index contributed by atoms with van der Waals surface area (Å²) >= 11 is 4.57. The molecule has 1 aliphatic rings. The van der Waals surface area contributed by atoms with Crippen LogP contribution in [0.5, 0.6) is 0 Å². The van der Waals surface area contributed by atoms with Crippen LogP contribution < -0.4 is 0 Å². The molecule has 0 atom stereocenters. The molecule has 0 spiro atoms. The molecule has 0 aliphatic heterocycles. The number of nitrogens with zero attached hydrogens (tertiary/aromatic N) is 3. The molecule has 0 N–H and O–H groups in total. The van der Waals surface area contributed by atoms with Crippen molar-refractivity contribution in [2.45, 2.75) is 31.6 Å². The normalized spacial score (nSPS) is 20.3. The lowest BCUT2D eigenvalue weighted by Crippen LogP contribution is -2.34.